The van der Waals surface area contributed by atoms with Crippen LogP contribution in [0.25, 0.3) is 0 Å². The van der Waals surface area contributed by atoms with E-state index in [0.29, 0.717) is 19.0 Å². The van der Waals surface area contributed by atoms with Crippen molar-refractivity contribution in [1.82, 2.24) is 15.5 Å². The van der Waals surface area contributed by atoms with Crippen molar-refractivity contribution in [3.05, 3.63) is 0 Å². The summed E-state index contributed by atoms with van der Waals surface area (Å²) in [4.78, 5) is 26.5. The fraction of sp³-hybridized carbons (Fsp3) is 0.867. The summed E-state index contributed by atoms with van der Waals surface area (Å²) in [5.74, 6) is 0.813. The summed E-state index contributed by atoms with van der Waals surface area (Å²) in [6.45, 7) is 7.43. The van der Waals surface area contributed by atoms with Crippen LogP contribution in [0.4, 0.5) is 0 Å². The van der Waals surface area contributed by atoms with Crippen LogP contribution in [0.15, 0.2) is 0 Å². The summed E-state index contributed by atoms with van der Waals surface area (Å²) in [7, 11) is 1.68. The van der Waals surface area contributed by atoms with Crippen molar-refractivity contribution in [2.45, 2.75) is 33.1 Å². The van der Waals surface area contributed by atoms with Crippen LogP contribution in [0.3, 0.4) is 0 Å². The van der Waals surface area contributed by atoms with E-state index in [9.17, 15) is 9.59 Å². The second-order valence-corrected chi connectivity index (χ2v) is 6.42. The van der Waals surface area contributed by atoms with E-state index in [1.165, 1.54) is 0 Å². The molecule has 0 aromatic heterocycles. The van der Waals surface area contributed by atoms with Crippen molar-refractivity contribution in [3.8, 4) is 0 Å². The molecule has 5 heteroatoms. The topological polar surface area (TPSA) is 61.4 Å². The maximum Gasteiger partial charge on any atom is 0.230 e. The molecule has 5 nitrogen and oxygen atoms in total. The number of hydrogen-bond donors (Lipinski definition) is 2. The zero-order valence-electron chi connectivity index (χ0n) is 12.9. The molecular formula is C15H27N3O2. The first-order valence-corrected chi connectivity index (χ1v) is 7.73. The lowest BCUT2D eigenvalue weighted by Crippen LogP contribution is -2.51. The zero-order valence-corrected chi connectivity index (χ0v) is 12.9. The van der Waals surface area contributed by atoms with Crippen LogP contribution in [-0.2, 0) is 9.59 Å². The minimum atomic E-state index is -0.236. The number of likely N-dealkylation sites (tertiary alicyclic amines) is 1. The Morgan fingerprint density at radius 1 is 1.30 bits per heavy atom. The minimum absolute atomic E-state index is 0.0701. The van der Waals surface area contributed by atoms with Crippen LogP contribution in [0.1, 0.15) is 33.1 Å². The van der Waals surface area contributed by atoms with Crippen molar-refractivity contribution in [2.75, 3.05) is 33.2 Å². The minimum Gasteiger partial charge on any atom is -0.359 e. The highest BCUT2D eigenvalue weighted by Gasteiger charge is 2.46. The van der Waals surface area contributed by atoms with Crippen LogP contribution in [0.2, 0.25) is 0 Å². The lowest BCUT2D eigenvalue weighted by Gasteiger charge is -2.39. The standard InChI is InChI=1S/C15H27N3O2/c1-11(2)15(6-7-17-10-15)14(20)18-8-4-12(5-9-18)13(19)16-3/h11-12,17H,4-10H2,1-3H3,(H,16,19). The number of rotatable bonds is 3. The number of nitrogens with zero attached hydrogens (tertiary/aromatic N) is 1. The van der Waals surface area contributed by atoms with Gasteiger partial charge in [0, 0.05) is 32.6 Å². The molecule has 0 aromatic rings. The molecule has 2 rings (SSSR count). The molecule has 2 aliphatic heterocycles. The Bertz CT molecular complexity index is 367. The maximum absolute atomic E-state index is 12.9. The normalized spacial score (nSPS) is 27.9. The number of piperidine rings is 1. The van der Waals surface area contributed by atoms with Gasteiger partial charge >= 0.3 is 0 Å². The molecular weight excluding hydrogens is 254 g/mol. The van der Waals surface area contributed by atoms with Gasteiger partial charge in [-0.3, -0.25) is 9.59 Å². The highest BCUT2D eigenvalue weighted by atomic mass is 16.2. The Hall–Kier alpha value is -1.10. The largest absolute Gasteiger partial charge is 0.359 e. The Morgan fingerprint density at radius 3 is 2.40 bits per heavy atom. The number of carbonyl (C=O) groups excluding carboxylic acids is 2. The van der Waals surface area contributed by atoms with Gasteiger partial charge in [-0.2, -0.15) is 0 Å². The molecule has 0 aliphatic carbocycles. The monoisotopic (exact) mass is 281 g/mol. The molecule has 1 unspecified atom stereocenters. The van der Waals surface area contributed by atoms with Crippen molar-refractivity contribution in [1.29, 1.82) is 0 Å². The number of amides is 2. The molecule has 2 heterocycles. The van der Waals surface area contributed by atoms with E-state index in [2.05, 4.69) is 24.5 Å². The van der Waals surface area contributed by atoms with Gasteiger partial charge in [0.1, 0.15) is 0 Å². The van der Waals surface area contributed by atoms with Crippen molar-refractivity contribution < 1.29 is 9.59 Å². The summed E-state index contributed by atoms with van der Waals surface area (Å²) in [6.07, 6.45) is 2.50. The van der Waals surface area contributed by atoms with E-state index >= 15 is 0 Å². The van der Waals surface area contributed by atoms with Crippen LogP contribution >= 0.6 is 0 Å². The first kappa shape index (κ1) is 15.3. The second kappa shape index (κ2) is 6.12. The van der Waals surface area contributed by atoms with E-state index < -0.39 is 0 Å². The molecule has 0 aromatic carbocycles. The Balaban J connectivity index is 1.99. The average Bonchev–Trinajstić information content (AvgIpc) is 2.96. The first-order chi connectivity index (χ1) is 9.51. The van der Waals surface area contributed by atoms with E-state index in [4.69, 9.17) is 0 Å². The van der Waals surface area contributed by atoms with Gasteiger partial charge < -0.3 is 15.5 Å². The predicted molar refractivity (Wildman–Crippen MR) is 78.1 cm³/mol. The first-order valence-electron chi connectivity index (χ1n) is 7.73. The smallest absolute Gasteiger partial charge is 0.230 e. The SMILES string of the molecule is CNC(=O)C1CCN(C(=O)C2(C(C)C)CCNC2)CC1. The van der Waals surface area contributed by atoms with Crippen molar-refractivity contribution in [3.63, 3.8) is 0 Å². The molecule has 0 saturated carbocycles. The molecule has 0 radical (unpaired) electrons. The zero-order chi connectivity index (χ0) is 14.8. The van der Waals surface area contributed by atoms with Gasteiger partial charge in [0.15, 0.2) is 0 Å². The molecule has 2 N–H and O–H groups in total. The van der Waals surface area contributed by atoms with Gasteiger partial charge in [-0.1, -0.05) is 13.8 Å². The predicted octanol–water partition coefficient (Wildman–Crippen LogP) is 0.607. The summed E-state index contributed by atoms with van der Waals surface area (Å²) >= 11 is 0. The molecule has 114 valence electrons. The van der Waals surface area contributed by atoms with Gasteiger partial charge in [-0.25, -0.2) is 0 Å². The molecule has 2 fully saturated rings. The summed E-state index contributed by atoms with van der Waals surface area (Å²) < 4.78 is 0. The maximum atomic E-state index is 12.9. The molecule has 0 bridgehead atoms. The van der Waals surface area contributed by atoms with Gasteiger partial charge in [0.25, 0.3) is 0 Å². The third-order valence-corrected chi connectivity index (χ3v) is 5.12. The third-order valence-electron chi connectivity index (χ3n) is 5.12. The average molecular weight is 281 g/mol. The third kappa shape index (κ3) is 2.68. The van der Waals surface area contributed by atoms with Crippen molar-refractivity contribution in [2.24, 2.45) is 17.3 Å². The second-order valence-electron chi connectivity index (χ2n) is 6.42. The van der Waals surface area contributed by atoms with Gasteiger partial charge in [0.2, 0.25) is 11.8 Å². The quantitative estimate of drug-likeness (QED) is 0.796. The van der Waals surface area contributed by atoms with E-state index in [-0.39, 0.29) is 23.1 Å². The Labute approximate surface area is 121 Å². The lowest BCUT2D eigenvalue weighted by molar-refractivity contribution is -0.146. The van der Waals surface area contributed by atoms with Crippen LogP contribution in [0.5, 0.6) is 0 Å². The van der Waals surface area contributed by atoms with E-state index in [1.54, 1.807) is 7.05 Å². The van der Waals surface area contributed by atoms with Crippen LogP contribution < -0.4 is 10.6 Å². The van der Waals surface area contributed by atoms with Crippen molar-refractivity contribution >= 4 is 11.8 Å². The highest BCUT2D eigenvalue weighted by molar-refractivity contribution is 5.84. The van der Waals surface area contributed by atoms with Gasteiger partial charge in [-0.05, 0) is 31.7 Å². The molecule has 20 heavy (non-hydrogen) atoms. The summed E-state index contributed by atoms with van der Waals surface area (Å²) in [5.41, 5.74) is -0.236. The number of carbonyl (C=O) groups is 2. The molecule has 0 spiro atoms. The summed E-state index contributed by atoms with van der Waals surface area (Å²) in [6, 6.07) is 0. The molecule has 1 atom stereocenters. The number of hydrogen-bond acceptors (Lipinski definition) is 3. The summed E-state index contributed by atoms with van der Waals surface area (Å²) in [5, 5.41) is 6.05. The van der Waals surface area contributed by atoms with E-state index in [1.807, 2.05) is 4.90 Å². The lowest BCUT2D eigenvalue weighted by atomic mass is 9.74. The Morgan fingerprint density at radius 2 is 1.95 bits per heavy atom. The van der Waals surface area contributed by atoms with E-state index in [0.717, 1.165) is 32.4 Å². The highest BCUT2D eigenvalue weighted by Crippen LogP contribution is 2.37. The fourth-order valence-electron chi connectivity index (χ4n) is 3.50. The molecule has 2 saturated heterocycles. The fourth-order valence-corrected chi connectivity index (χ4v) is 3.50. The number of nitrogens with one attached hydrogen (secondary N) is 2. The van der Waals surface area contributed by atoms with Gasteiger partial charge in [0.05, 0.1) is 5.41 Å². The van der Waals surface area contributed by atoms with Crippen LogP contribution in [0, 0.1) is 17.3 Å². The Kier molecular flexibility index (Phi) is 4.68. The van der Waals surface area contributed by atoms with Crippen LogP contribution in [-0.4, -0.2) is 49.9 Å². The molecule has 2 amide bonds. The van der Waals surface area contributed by atoms with Gasteiger partial charge in [-0.15, -0.1) is 0 Å². The molecule has 2 aliphatic rings.